The molecule has 6 nitrogen and oxygen atoms in total. The highest BCUT2D eigenvalue weighted by Crippen LogP contribution is 2.08. The first-order chi connectivity index (χ1) is 8.53. The van der Waals surface area contributed by atoms with Crippen LogP contribution in [0, 0.1) is 0 Å². The Bertz CT molecular complexity index is 134. The van der Waals surface area contributed by atoms with E-state index in [2.05, 4.69) is 0 Å². The molecule has 1 saturated heterocycles. The van der Waals surface area contributed by atoms with Gasteiger partial charge in [-0.2, -0.15) is 0 Å². The van der Waals surface area contributed by atoms with Crippen molar-refractivity contribution in [3.05, 3.63) is 0 Å². The minimum Gasteiger partial charge on any atom is -0.393 e. The fourth-order valence-electron chi connectivity index (χ4n) is 0.400. The maximum Gasteiger partial charge on any atom is 0.163 e. The Labute approximate surface area is 117 Å². The molecule has 1 aliphatic rings. The van der Waals surface area contributed by atoms with Crippen LogP contribution in [0.3, 0.4) is 0 Å². The van der Waals surface area contributed by atoms with Crippen LogP contribution in [0.15, 0.2) is 0 Å². The van der Waals surface area contributed by atoms with Crippen LogP contribution in [0.25, 0.3) is 0 Å². The molecular formula is C13H32O6. The van der Waals surface area contributed by atoms with Crippen molar-refractivity contribution in [1.29, 1.82) is 0 Å². The second kappa shape index (κ2) is 26.1. The van der Waals surface area contributed by atoms with Crippen molar-refractivity contribution < 1.29 is 29.6 Å². The largest absolute Gasteiger partial charge is 0.393 e. The average Bonchev–Trinajstić information content (AvgIpc) is 2.30. The van der Waals surface area contributed by atoms with Crippen molar-refractivity contribution in [2.75, 3.05) is 13.6 Å². The Morgan fingerprint density at radius 2 is 1.58 bits per heavy atom. The lowest BCUT2D eigenvalue weighted by Crippen LogP contribution is -2.29. The first-order valence-corrected chi connectivity index (χ1v) is 6.10. The van der Waals surface area contributed by atoms with E-state index in [9.17, 15) is 4.79 Å². The molecule has 1 unspecified atom stereocenters. The molecule has 6 heteroatoms. The zero-order valence-corrected chi connectivity index (χ0v) is 11.8. The summed E-state index contributed by atoms with van der Waals surface area (Å²) in [7, 11) is 0. The number of carbonyl (C=O) groups is 1. The van der Waals surface area contributed by atoms with Crippen molar-refractivity contribution in [1.82, 2.24) is 0 Å². The van der Waals surface area contributed by atoms with E-state index in [0.29, 0.717) is 13.2 Å². The lowest BCUT2D eigenvalue weighted by Gasteiger charge is -2.24. The average molecular weight is 284 g/mol. The number of rotatable bonds is 3. The molecule has 0 radical (unpaired) electrons. The summed E-state index contributed by atoms with van der Waals surface area (Å²) in [6.07, 6.45) is 3.35. The van der Waals surface area contributed by atoms with Crippen LogP contribution in [0.4, 0.5) is 0 Å². The monoisotopic (exact) mass is 284 g/mol. The molecule has 0 amide bonds. The number of aliphatic hydroxyl groups is 3. The third kappa shape index (κ3) is 38.1. The molecule has 1 atom stereocenters. The molecule has 0 spiro atoms. The van der Waals surface area contributed by atoms with Gasteiger partial charge in [0.1, 0.15) is 13.1 Å². The van der Waals surface area contributed by atoms with Crippen LogP contribution in [0.1, 0.15) is 54.4 Å². The lowest BCUT2D eigenvalue weighted by atomic mass is 10.3. The molecule has 0 aromatic rings. The van der Waals surface area contributed by atoms with Crippen LogP contribution in [-0.4, -0.2) is 47.6 Å². The first kappa shape index (κ1) is 26.9. The highest BCUT2D eigenvalue weighted by atomic mass is 16.8. The van der Waals surface area contributed by atoms with Gasteiger partial charge in [-0.15, -0.1) is 0 Å². The summed E-state index contributed by atoms with van der Waals surface area (Å²) in [5.74, 6) is 0. The number of ether oxygens (including phenoxy) is 2. The molecule has 1 rings (SSSR count). The molecule has 0 aromatic heterocycles. The van der Waals surface area contributed by atoms with E-state index in [0.717, 1.165) is 19.1 Å². The quantitative estimate of drug-likeness (QED) is 0.539. The number of carbonyl (C=O) groups excluding carboxylic acids is 1. The van der Waals surface area contributed by atoms with E-state index >= 15 is 0 Å². The highest BCUT2D eigenvalue weighted by molar-refractivity contribution is 5.48. The summed E-state index contributed by atoms with van der Waals surface area (Å²) in [4.78, 5) is 9.17. The molecule has 0 saturated carbocycles. The van der Waals surface area contributed by atoms with E-state index < -0.39 is 6.79 Å². The fourth-order valence-corrected chi connectivity index (χ4v) is 0.400. The third-order valence-electron chi connectivity index (χ3n) is 1.60. The molecule has 1 aliphatic heterocycles. The van der Waals surface area contributed by atoms with E-state index in [1.165, 1.54) is 0 Å². The summed E-state index contributed by atoms with van der Waals surface area (Å²) in [6.45, 7) is 7.32. The van der Waals surface area contributed by atoms with Crippen molar-refractivity contribution in [2.45, 2.75) is 66.8 Å². The number of hydrogen-bond acceptors (Lipinski definition) is 6. The van der Waals surface area contributed by atoms with Gasteiger partial charge in [-0.3, -0.25) is 0 Å². The predicted molar refractivity (Wildman–Crippen MR) is 75.5 cm³/mol. The van der Waals surface area contributed by atoms with Gasteiger partial charge in [-0.1, -0.05) is 28.2 Å². The van der Waals surface area contributed by atoms with Gasteiger partial charge in [0, 0.05) is 6.42 Å². The predicted octanol–water partition coefficient (Wildman–Crippen LogP) is 1.66. The fraction of sp³-hybridized carbons (Fsp3) is 0.923. The summed E-state index contributed by atoms with van der Waals surface area (Å²) in [5.41, 5.74) is 0. The number of aliphatic hydroxyl groups excluding tert-OH is 2. The standard InChI is InChI=1S/C4H8O2.C4H10O.C3H6O.CH4O2.CH4/c1-2-4-5-3-6-4;1-3-4(2)5;1-2-3-4;2-1-3;/h4H,2-3H2,1H3;4-5H,3H2,1-2H3;3H,2H2,1H3;2-3H,1H2;1H4. The molecule has 3 N–H and O–H groups in total. The van der Waals surface area contributed by atoms with E-state index in [1.807, 2.05) is 20.8 Å². The molecule has 120 valence electrons. The Morgan fingerprint density at radius 3 is 1.58 bits per heavy atom. The van der Waals surface area contributed by atoms with Gasteiger partial charge in [0.2, 0.25) is 0 Å². The van der Waals surface area contributed by atoms with Crippen molar-refractivity contribution in [3.8, 4) is 0 Å². The van der Waals surface area contributed by atoms with Gasteiger partial charge >= 0.3 is 0 Å². The Kier molecular flexibility index (Phi) is 37.0. The SMILES string of the molecule is C.CCC(C)O.CCC1OCO1.CCC=O.OCO. The first-order valence-electron chi connectivity index (χ1n) is 6.10. The van der Waals surface area contributed by atoms with Crippen LogP contribution in [-0.2, 0) is 14.3 Å². The molecular weight excluding hydrogens is 252 g/mol. The van der Waals surface area contributed by atoms with E-state index in [4.69, 9.17) is 24.8 Å². The third-order valence-corrected chi connectivity index (χ3v) is 1.60. The van der Waals surface area contributed by atoms with Gasteiger partial charge in [0.05, 0.1) is 6.10 Å². The van der Waals surface area contributed by atoms with E-state index in [-0.39, 0.29) is 19.8 Å². The number of hydrogen-bond donors (Lipinski definition) is 3. The minimum atomic E-state index is -0.750. The summed E-state index contributed by atoms with van der Waals surface area (Å²) >= 11 is 0. The molecule has 0 aromatic carbocycles. The van der Waals surface area contributed by atoms with Crippen LogP contribution in [0.5, 0.6) is 0 Å². The summed E-state index contributed by atoms with van der Waals surface area (Å²) < 4.78 is 9.72. The summed E-state index contributed by atoms with van der Waals surface area (Å²) in [6, 6.07) is 0. The number of aldehydes is 1. The Hall–Kier alpha value is -0.530. The second-order valence-electron chi connectivity index (χ2n) is 3.26. The van der Waals surface area contributed by atoms with Crippen LogP contribution in [0.2, 0.25) is 0 Å². The maximum atomic E-state index is 9.17. The second-order valence-corrected chi connectivity index (χ2v) is 3.26. The lowest BCUT2D eigenvalue weighted by molar-refractivity contribution is -0.320. The maximum absolute atomic E-state index is 9.17. The zero-order chi connectivity index (χ0) is 14.8. The van der Waals surface area contributed by atoms with Gasteiger partial charge in [-0.25, -0.2) is 0 Å². The van der Waals surface area contributed by atoms with Crippen molar-refractivity contribution in [2.24, 2.45) is 0 Å². The van der Waals surface area contributed by atoms with Gasteiger partial charge in [0.25, 0.3) is 0 Å². The minimum absolute atomic E-state index is 0. The van der Waals surface area contributed by atoms with E-state index in [1.54, 1.807) is 6.92 Å². The Balaban J connectivity index is -0.0000000804. The topological polar surface area (TPSA) is 96.2 Å². The summed E-state index contributed by atoms with van der Waals surface area (Å²) in [5, 5.41) is 22.6. The molecule has 0 bridgehead atoms. The van der Waals surface area contributed by atoms with Gasteiger partial charge < -0.3 is 29.6 Å². The van der Waals surface area contributed by atoms with Gasteiger partial charge in [-0.05, 0) is 19.8 Å². The van der Waals surface area contributed by atoms with Crippen molar-refractivity contribution in [3.63, 3.8) is 0 Å². The van der Waals surface area contributed by atoms with Gasteiger partial charge in [0.15, 0.2) is 13.1 Å². The molecule has 0 aliphatic carbocycles. The van der Waals surface area contributed by atoms with Crippen LogP contribution < -0.4 is 0 Å². The van der Waals surface area contributed by atoms with Crippen molar-refractivity contribution >= 4 is 6.29 Å². The Morgan fingerprint density at radius 1 is 1.26 bits per heavy atom. The molecule has 1 heterocycles. The van der Waals surface area contributed by atoms with Crippen LogP contribution >= 0.6 is 0 Å². The smallest absolute Gasteiger partial charge is 0.163 e. The molecule has 19 heavy (non-hydrogen) atoms. The normalized spacial score (nSPS) is 13.6. The highest BCUT2D eigenvalue weighted by Gasteiger charge is 2.14. The zero-order valence-electron chi connectivity index (χ0n) is 11.8. The molecule has 1 fully saturated rings.